The van der Waals surface area contributed by atoms with E-state index in [4.69, 9.17) is 5.73 Å². The van der Waals surface area contributed by atoms with Crippen molar-refractivity contribution < 1.29 is 9.90 Å². The van der Waals surface area contributed by atoms with Gasteiger partial charge in [0.1, 0.15) is 0 Å². The average Bonchev–Trinajstić information content (AvgIpc) is 2.65. The maximum atomic E-state index is 11.8. The third-order valence-corrected chi connectivity index (χ3v) is 3.30. The second-order valence-electron chi connectivity index (χ2n) is 4.59. The molecule has 0 fully saturated rings. The molecule has 0 spiro atoms. The van der Waals surface area contributed by atoms with E-state index < -0.39 is 6.10 Å². The number of fused-ring (bicyclic) bond motifs is 1. The van der Waals surface area contributed by atoms with E-state index in [2.05, 4.69) is 5.32 Å². The lowest BCUT2D eigenvalue weighted by Crippen LogP contribution is -2.39. The van der Waals surface area contributed by atoms with Crippen LogP contribution in [0.4, 0.5) is 0 Å². The molecule has 1 aromatic carbocycles. The normalized spacial score (nSPS) is 24.2. The first-order valence-electron chi connectivity index (χ1n) is 5.89. The maximum Gasteiger partial charge on any atom is 0.224 e. The zero-order valence-corrected chi connectivity index (χ0v) is 9.89. The molecule has 4 heteroatoms. The number of carbonyl (C=O) groups is 1. The Morgan fingerprint density at radius 3 is 3.00 bits per heavy atom. The molecule has 0 heterocycles. The second kappa shape index (κ2) is 4.85. The number of amides is 1. The minimum atomic E-state index is -0.540. The number of aliphatic hydroxyl groups is 1. The number of hydrogen-bond acceptors (Lipinski definition) is 3. The van der Waals surface area contributed by atoms with Crippen molar-refractivity contribution in [3.8, 4) is 0 Å². The third kappa shape index (κ3) is 2.33. The molecule has 0 radical (unpaired) electrons. The summed E-state index contributed by atoms with van der Waals surface area (Å²) in [6.45, 7) is 2.10. The van der Waals surface area contributed by atoms with Crippen LogP contribution < -0.4 is 11.1 Å². The van der Waals surface area contributed by atoms with E-state index in [0.717, 1.165) is 11.1 Å². The van der Waals surface area contributed by atoms with E-state index in [-0.39, 0.29) is 17.9 Å². The summed E-state index contributed by atoms with van der Waals surface area (Å²) >= 11 is 0. The Bertz CT molecular complexity index is 420. The van der Waals surface area contributed by atoms with Gasteiger partial charge in [0.25, 0.3) is 0 Å². The van der Waals surface area contributed by atoms with E-state index >= 15 is 0 Å². The Labute approximate surface area is 101 Å². The van der Waals surface area contributed by atoms with Crippen LogP contribution in [-0.2, 0) is 11.2 Å². The zero-order valence-electron chi connectivity index (χ0n) is 9.89. The van der Waals surface area contributed by atoms with Gasteiger partial charge in [-0.15, -0.1) is 0 Å². The number of rotatable bonds is 3. The van der Waals surface area contributed by atoms with Crippen LogP contribution in [0.25, 0.3) is 0 Å². The lowest BCUT2D eigenvalue weighted by atomic mass is 10.1. The van der Waals surface area contributed by atoms with Crippen LogP contribution in [-0.4, -0.2) is 23.7 Å². The van der Waals surface area contributed by atoms with E-state index in [0.29, 0.717) is 13.0 Å². The topological polar surface area (TPSA) is 75.4 Å². The molecule has 1 aliphatic carbocycles. The van der Waals surface area contributed by atoms with E-state index in [1.807, 2.05) is 24.3 Å². The van der Waals surface area contributed by atoms with Crippen molar-refractivity contribution in [3.63, 3.8) is 0 Å². The molecule has 0 aromatic heterocycles. The van der Waals surface area contributed by atoms with Gasteiger partial charge in [-0.05, 0) is 11.1 Å². The Hall–Kier alpha value is -1.39. The summed E-state index contributed by atoms with van der Waals surface area (Å²) in [4.78, 5) is 11.8. The molecule has 0 bridgehead atoms. The minimum absolute atomic E-state index is 0.103. The van der Waals surface area contributed by atoms with Gasteiger partial charge in [0.15, 0.2) is 0 Å². The van der Waals surface area contributed by atoms with Gasteiger partial charge in [0, 0.05) is 18.9 Å². The van der Waals surface area contributed by atoms with E-state index in [1.54, 1.807) is 6.92 Å². The molecule has 3 atom stereocenters. The quantitative estimate of drug-likeness (QED) is 0.706. The van der Waals surface area contributed by atoms with E-state index in [9.17, 15) is 9.90 Å². The monoisotopic (exact) mass is 234 g/mol. The van der Waals surface area contributed by atoms with Crippen LogP contribution in [0.5, 0.6) is 0 Å². The maximum absolute atomic E-state index is 11.8. The molecular formula is C13H18N2O2. The Balaban J connectivity index is 2.14. The van der Waals surface area contributed by atoms with Gasteiger partial charge in [-0.2, -0.15) is 0 Å². The molecular weight excluding hydrogens is 216 g/mol. The second-order valence-corrected chi connectivity index (χ2v) is 4.59. The number of nitrogens with one attached hydrogen (secondary N) is 1. The van der Waals surface area contributed by atoms with Crippen LogP contribution in [0.15, 0.2) is 24.3 Å². The van der Waals surface area contributed by atoms with Crippen molar-refractivity contribution in [2.45, 2.75) is 25.5 Å². The molecule has 0 saturated carbocycles. The third-order valence-electron chi connectivity index (χ3n) is 3.30. The molecule has 1 aliphatic rings. The average molecular weight is 234 g/mol. The summed E-state index contributed by atoms with van der Waals surface area (Å²) in [6, 6.07) is 7.49. The van der Waals surface area contributed by atoms with Crippen molar-refractivity contribution >= 4 is 5.91 Å². The first-order chi connectivity index (χ1) is 8.13. The predicted molar refractivity (Wildman–Crippen MR) is 65.3 cm³/mol. The van der Waals surface area contributed by atoms with Crippen molar-refractivity contribution in [2.24, 2.45) is 11.7 Å². The number of nitrogens with two attached hydrogens (primary N) is 1. The highest BCUT2D eigenvalue weighted by Gasteiger charge is 2.32. The Morgan fingerprint density at radius 2 is 2.29 bits per heavy atom. The standard InChI is InChI=1S/C13H18N2O2/c1-8(7-14)13(17)15-12-10-5-3-2-4-9(10)6-11(12)16/h2-5,8,11-12,16H,6-7,14H2,1H3,(H,15,17)/t8?,11-,12+/m0/s1. The fourth-order valence-electron chi connectivity index (χ4n) is 2.15. The van der Waals surface area contributed by atoms with Crippen molar-refractivity contribution in [3.05, 3.63) is 35.4 Å². The Kier molecular flexibility index (Phi) is 3.45. The van der Waals surface area contributed by atoms with Crippen LogP contribution in [0.1, 0.15) is 24.1 Å². The molecule has 0 saturated heterocycles. The summed E-state index contributed by atoms with van der Waals surface area (Å²) in [5, 5.41) is 12.8. The van der Waals surface area contributed by atoms with Crippen LogP contribution >= 0.6 is 0 Å². The minimum Gasteiger partial charge on any atom is -0.390 e. The zero-order chi connectivity index (χ0) is 12.4. The molecule has 17 heavy (non-hydrogen) atoms. The van der Waals surface area contributed by atoms with Gasteiger partial charge in [0.05, 0.1) is 12.1 Å². The molecule has 0 aliphatic heterocycles. The lowest BCUT2D eigenvalue weighted by molar-refractivity contribution is -0.125. The molecule has 1 amide bonds. The van der Waals surface area contributed by atoms with Crippen LogP contribution in [0.3, 0.4) is 0 Å². The highest BCUT2D eigenvalue weighted by atomic mass is 16.3. The SMILES string of the molecule is CC(CN)C(=O)N[C@@H]1c2ccccc2C[C@@H]1O. The fraction of sp³-hybridized carbons (Fsp3) is 0.462. The van der Waals surface area contributed by atoms with Crippen LogP contribution in [0, 0.1) is 5.92 Å². The highest BCUT2D eigenvalue weighted by molar-refractivity contribution is 5.79. The summed E-state index contributed by atoms with van der Waals surface area (Å²) in [5.74, 6) is -0.330. The van der Waals surface area contributed by atoms with Gasteiger partial charge >= 0.3 is 0 Å². The van der Waals surface area contributed by atoms with Gasteiger partial charge in [-0.1, -0.05) is 31.2 Å². The molecule has 92 valence electrons. The Morgan fingerprint density at radius 1 is 1.59 bits per heavy atom. The van der Waals surface area contributed by atoms with Gasteiger partial charge in [-0.25, -0.2) is 0 Å². The first kappa shape index (κ1) is 12.1. The van der Waals surface area contributed by atoms with E-state index in [1.165, 1.54) is 0 Å². The molecule has 1 unspecified atom stereocenters. The summed E-state index contributed by atoms with van der Waals surface area (Å²) in [6.07, 6.45) is 0.0549. The summed E-state index contributed by atoms with van der Waals surface area (Å²) < 4.78 is 0. The fourth-order valence-corrected chi connectivity index (χ4v) is 2.15. The molecule has 1 aromatic rings. The molecule has 4 nitrogen and oxygen atoms in total. The lowest BCUT2D eigenvalue weighted by Gasteiger charge is -2.20. The highest BCUT2D eigenvalue weighted by Crippen LogP contribution is 2.31. The van der Waals surface area contributed by atoms with Gasteiger partial charge in [-0.3, -0.25) is 4.79 Å². The number of hydrogen-bond donors (Lipinski definition) is 3. The predicted octanol–water partition coefficient (Wildman–Crippen LogP) is 0.356. The van der Waals surface area contributed by atoms with Crippen molar-refractivity contribution in [1.82, 2.24) is 5.32 Å². The number of benzene rings is 1. The molecule has 4 N–H and O–H groups in total. The summed E-state index contributed by atoms with van der Waals surface area (Å²) in [7, 11) is 0. The first-order valence-corrected chi connectivity index (χ1v) is 5.89. The largest absolute Gasteiger partial charge is 0.390 e. The van der Waals surface area contributed by atoms with Gasteiger partial charge < -0.3 is 16.2 Å². The smallest absolute Gasteiger partial charge is 0.224 e. The van der Waals surface area contributed by atoms with Crippen molar-refractivity contribution in [2.75, 3.05) is 6.54 Å². The number of aliphatic hydroxyl groups excluding tert-OH is 1. The van der Waals surface area contributed by atoms with Crippen LogP contribution in [0.2, 0.25) is 0 Å². The summed E-state index contributed by atoms with van der Waals surface area (Å²) in [5.41, 5.74) is 7.57. The molecule has 2 rings (SSSR count). The number of carbonyl (C=O) groups excluding carboxylic acids is 1. The van der Waals surface area contributed by atoms with Gasteiger partial charge in [0.2, 0.25) is 5.91 Å². The van der Waals surface area contributed by atoms with Crippen molar-refractivity contribution in [1.29, 1.82) is 0 Å².